The molecule has 3 nitrogen and oxygen atoms in total. The van der Waals surface area contributed by atoms with E-state index in [1.54, 1.807) is 6.07 Å². The predicted molar refractivity (Wildman–Crippen MR) is 51.8 cm³/mol. The zero-order valence-electron chi connectivity index (χ0n) is 6.97. The van der Waals surface area contributed by atoms with Gasteiger partial charge in [-0.2, -0.15) is 5.26 Å². The van der Waals surface area contributed by atoms with Crippen LogP contribution in [-0.4, -0.2) is 10.2 Å². The number of nitriles is 1. The summed E-state index contributed by atoms with van der Waals surface area (Å²) in [6.07, 6.45) is -2.87. The van der Waals surface area contributed by atoms with Crippen LogP contribution in [0.3, 0.4) is 0 Å². The standard InChI is InChI=1S/C8H2BrClF2N2O/c9-6-4(2-13)3(8(11)12)1-5(14-6)7(10)15/h1,8H. The predicted octanol–water partition coefficient (Wildman–Crippen LogP) is 3.03. The molecule has 0 aliphatic heterocycles. The number of halogens is 4. The van der Waals surface area contributed by atoms with Crippen molar-refractivity contribution in [3.8, 4) is 6.07 Å². The van der Waals surface area contributed by atoms with Crippen molar-refractivity contribution in [2.75, 3.05) is 0 Å². The van der Waals surface area contributed by atoms with Crippen molar-refractivity contribution in [1.82, 2.24) is 4.98 Å². The van der Waals surface area contributed by atoms with Crippen molar-refractivity contribution in [1.29, 1.82) is 5.26 Å². The molecule has 0 aliphatic rings. The number of alkyl halides is 2. The lowest BCUT2D eigenvalue weighted by Gasteiger charge is -2.05. The van der Waals surface area contributed by atoms with Gasteiger partial charge in [-0.05, 0) is 33.6 Å². The Kier molecular flexibility index (Phi) is 3.72. The zero-order chi connectivity index (χ0) is 11.6. The molecule has 1 heterocycles. The van der Waals surface area contributed by atoms with Crippen LogP contribution >= 0.6 is 27.5 Å². The molecule has 7 heteroatoms. The van der Waals surface area contributed by atoms with Gasteiger partial charge in [0.05, 0.1) is 5.56 Å². The molecular weight excluding hydrogens is 293 g/mol. The lowest BCUT2D eigenvalue weighted by atomic mass is 10.1. The van der Waals surface area contributed by atoms with E-state index in [2.05, 4.69) is 20.9 Å². The van der Waals surface area contributed by atoms with Gasteiger partial charge >= 0.3 is 0 Å². The zero-order valence-corrected chi connectivity index (χ0v) is 9.31. The van der Waals surface area contributed by atoms with E-state index in [0.717, 1.165) is 6.07 Å². The monoisotopic (exact) mass is 294 g/mol. The van der Waals surface area contributed by atoms with E-state index >= 15 is 0 Å². The van der Waals surface area contributed by atoms with Crippen molar-refractivity contribution in [2.45, 2.75) is 6.43 Å². The second kappa shape index (κ2) is 4.64. The molecule has 0 radical (unpaired) electrons. The number of carbonyl (C=O) groups excluding carboxylic acids is 1. The van der Waals surface area contributed by atoms with Crippen molar-refractivity contribution in [3.05, 3.63) is 27.5 Å². The summed E-state index contributed by atoms with van der Waals surface area (Å²) < 4.78 is 24.8. The van der Waals surface area contributed by atoms with Crippen molar-refractivity contribution in [3.63, 3.8) is 0 Å². The van der Waals surface area contributed by atoms with Gasteiger partial charge in [0.2, 0.25) is 0 Å². The van der Waals surface area contributed by atoms with Crippen molar-refractivity contribution < 1.29 is 13.6 Å². The molecule has 0 spiro atoms. The van der Waals surface area contributed by atoms with Gasteiger partial charge in [0.25, 0.3) is 11.7 Å². The van der Waals surface area contributed by atoms with E-state index in [0.29, 0.717) is 0 Å². The first-order valence-electron chi connectivity index (χ1n) is 3.56. The molecule has 1 aromatic heterocycles. The first-order valence-corrected chi connectivity index (χ1v) is 4.73. The van der Waals surface area contributed by atoms with E-state index in [4.69, 9.17) is 16.9 Å². The molecule has 1 rings (SSSR count). The first-order chi connectivity index (χ1) is 6.97. The molecular formula is C8H2BrClF2N2O. The number of nitrogens with zero attached hydrogens (tertiary/aromatic N) is 2. The Labute approximate surface area is 96.8 Å². The summed E-state index contributed by atoms with van der Waals surface area (Å²) in [7, 11) is 0. The maximum atomic E-state index is 12.5. The summed E-state index contributed by atoms with van der Waals surface area (Å²) >= 11 is 7.91. The Hall–Kier alpha value is -1.06. The third-order valence-electron chi connectivity index (χ3n) is 1.55. The van der Waals surface area contributed by atoms with Crippen LogP contribution in [0.5, 0.6) is 0 Å². The highest BCUT2D eigenvalue weighted by molar-refractivity contribution is 9.10. The van der Waals surface area contributed by atoms with Gasteiger partial charge < -0.3 is 0 Å². The highest BCUT2D eigenvalue weighted by atomic mass is 79.9. The smallest absolute Gasteiger partial charge is 0.270 e. The van der Waals surface area contributed by atoms with Gasteiger partial charge in [-0.3, -0.25) is 4.79 Å². The number of pyridine rings is 1. The molecule has 0 saturated heterocycles. The van der Waals surface area contributed by atoms with Crippen LogP contribution in [0.1, 0.15) is 28.0 Å². The summed E-state index contributed by atoms with van der Waals surface area (Å²) in [6, 6.07) is 2.38. The van der Waals surface area contributed by atoms with Crippen LogP contribution in [0, 0.1) is 11.3 Å². The second-order valence-corrected chi connectivity index (χ2v) is 3.54. The average Bonchev–Trinajstić information content (AvgIpc) is 2.16. The fourth-order valence-corrected chi connectivity index (χ4v) is 1.52. The Balaban J connectivity index is 3.47. The van der Waals surface area contributed by atoms with Crippen molar-refractivity contribution >= 4 is 32.8 Å². The molecule has 0 atom stereocenters. The number of rotatable bonds is 2. The largest absolute Gasteiger partial charge is 0.274 e. The average molecular weight is 295 g/mol. The highest BCUT2D eigenvalue weighted by Crippen LogP contribution is 2.28. The second-order valence-electron chi connectivity index (χ2n) is 2.45. The van der Waals surface area contributed by atoms with Gasteiger partial charge in [0.1, 0.15) is 16.4 Å². The van der Waals surface area contributed by atoms with Gasteiger partial charge in [0, 0.05) is 5.56 Å². The quantitative estimate of drug-likeness (QED) is 0.622. The molecule has 0 N–H and O–H groups in total. The normalized spacial score (nSPS) is 10.1. The van der Waals surface area contributed by atoms with Gasteiger partial charge in [-0.15, -0.1) is 0 Å². The minimum absolute atomic E-state index is 0.119. The Morgan fingerprint density at radius 1 is 1.67 bits per heavy atom. The van der Waals surface area contributed by atoms with E-state index in [9.17, 15) is 13.6 Å². The fraction of sp³-hybridized carbons (Fsp3) is 0.125. The van der Waals surface area contributed by atoms with Gasteiger partial charge in [-0.1, -0.05) is 0 Å². The van der Waals surface area contributed by atoms with Crippen LogP contribution in [0.25, 0.3) is 0 Å². The molecule has 0 bridgehead atoms. The molecule has 0 fully saturated rings. The SMILES string of the molecule is N#Cc1c(C(F)F)cc(C(=O)Cl)nc1Br. The molecule has 78 valence electrons. The maximum absolute atomic E-state index is 12.5. The summed E-state index contributed by atoms with van der Waals surface area (Å²) in [6.45, 7) is 0. The van der Waals surface area contributed by atoms with Crippen LogP contribution in [0.15, 0.2) is 10.7 Å². The van der Waals surface area contributed by atoms with E-state index in [-0.39, 0.29) is 15.9 Å². The van der Waals surface area contributed by atoms with Crippen molar-refractivity contribution in [2.24, 2.45) is 0 Å². The molecule has 0 aliphatic carbocycles. The first kappa shape index (κ1) is 12.0. The number of hydrogen-bond donors (Lipinski definition) is 0. The molecule has 0 unspecified atom stereocenters. The number of aromatic nitrogens is 1. The Morgan fingerprint density at radius 2 is 2.27 bits per heavy atom. The van der Waals surface area contributed by atoms with E-state index in [1.807, 2.05) is 0 Å². The molecule has 0 aromatic carbocycles. The van der Waals surface area contributed by atoms with Gasteiger partial charge in [0.15, 0.2) is 0 Å². The van der Waals surface area contributed by atoms with Crippen LogP contribution in [0.4, 0.5) is 8.78 Å². The Morgan fingerprint density at radius 3 is 2.67 bits per heavy atom. The van der Waals surface area contributed by atoms with Crippen LogP contribution < -0.4 is 0 Å². The highest BCUT2D eigenvalue weighted by Gasteiger charge is 2.19. The minimum atomic E-state index is -2.87. The summed E-state index contributed by atoms with van der Waals surface area (Å²) in [5, 5.41) is 7.65. The Bertz CT molecular complexity index is 459. The maximum Gasteiger partial charge on any atom is 0.270 e. The summed E-state index contributed by atoms with van der Waals surface area (Å²) in [4.78, 5) is 14.3. The lowest BCUT2D eigenvalue weighted by Crippen LogP contribution is -2.01. The van der Waals surface area contributed by atoms with E-state index in [1.165, 1.54) is 0 Å². The molecule has 15 heavy (non-hydrogen) atoms. The van der Waals surface area contributed by atoms with Gasteiger partial charge in [-0.25, -0.2) is 13.8 Å². The number of hydrogen-bond acceptors (Lipinski definition) is 3. The van der Waals surface area contributed by atoms with Crippen LogP contribution in [0.2, 0.25) is 0 Å². The summed E-state index contributed by atoms with van der Waals surface area (Å²) in [5.74, 6) is 0. The third-order valence-corrected chi connectivity index (χ3v) is 2.32. The molecule has 0 amide bonds. The topological polar surface area (TPSA) is 53.8 Å². The van der Waals surface area contributed by atoms with E-state index < -0.39 is 17.2 Å². The third kappa shape index (κ3) is 2.49. The lowest BCUT2D eigenvalue weighted by molar-refractivity contribution is 0.107. The minimum Gasteiger partial charge on any atom is -0.274 e. The van der Waals surface area contributed by atoms with Crippen LogP contribution in [-0.2, 0) is 0 Å². The molecule has 1 aromatic rings. The number of carbonyl (C=O) groups is 1. The molecule has 0 saturated carbocycles. The fourth-order valence-electron chi connectivity index (χ4n) is 0.916. The summed E-state index contributed by atoms with van der Waals surface area (Å²) in [5.41, 5.74) is -1.19.